The number of hydrogen-bond acceptors (Lipinski definition) is 2. The molecule has 0 bridgehead atoms. The second-order valence-corrected chi connectivity index (χ2v) is 4.10. The summed E-state index contributed by atoms with van der Waals surface area (Å²) in [5, 5.41) is 4.93. The Morgan fingerprint density at radius 3 is 2.56 bits per heavy atom. The Labute approximate surface area is 99.8 Å². The number of nitrogens with two attached hydrogens (primary N) is 1. The first kappa shape index (κ1) is 11.2. The summed E-state index contributed by atoms with van der Waals surface area (Å²) in [6.45, 7) is 2.90. The van der Waals surface area contributed by atoms with E-state index in [2.05, 4.69) is 5.10 Å². The van der Waals surface area contributed by atoms with Gasteiger partial charge in [0.05, 0.1) is 12.2 Å². The largest absolute Gasteiger partial charge is 0.320 e. The molecule has 0 aliphatic rings. The van der Waals surface area contributed by atoms with E-state index in [-0.39, 0.29) is 6.04 Å². The first-order chi connectivity index (χ1) is 7.70. The Hall–Kier alpha value is -1.32. The molecule has 1 heterocycles. The lowest BCUT2D eigenvalue weighted by molar-refractivity contribution is 0.658. The smallest absolute Gasteiger partial charge is 0.0582 e. The van der Waals surface area contributed by atoms with E-state index >= 15 is 0 Å². The molecule has 3 nitrogen and oxygen atoms in total. The minimum atomic E-state index is -0.141. The number of hydrogen-bond donors (Lipinski definition) is 1. The SMILES string of the molecule is CCn1cc(C(N)c2ccc(Cl)cc2)cn1. The Kier molecular flexibility index (Phi) is 3.27. The van der Waals surface area contributed by atoms with E-state index < -0.39 is 0 Å². The highest BCUT2D eigenvalue weighted by Crippen LogP contribution is 2.20. The van der Waals surface area contributed by atoms with Crippen LogP contribution in [0.15, 0.2) is 36.7 Å². The topological polar surface area (TPSA) is 43.8 Å². The van der Waals surface area contributed by atoms with Crippen molar-refractivity contribution in [3.05, 3.63) is 52.8 Å². The molecule has 0 aliphatic carbocycles. The molecule has 0 saturated heterocycles. The Morgan fingerprint density at radius 2 is 2.00 bits per heavy atom. The van der Waals surface area contributed by atoms with Crippen LogP contribution in [0.4, 0.5) is 0 Å². The second-order valence-electron chi connectivity index (χ2n) is 3.66. The van der Waals surface area contributed by atoms with Gasteiger partial charge in [0.2, 0.25) is 0 Å². The number of aromatic nitrogens is 2. The molecule has 2 N–H and O–H groups in total. The van der Waals surface area contributed by atoms with Crippen LogP contribution in [0.5, 0.6) is 0 Å². The van der Waals surface area contributed by atoms with Crippen molar-refractivity contribution < 1.29 is 0 Å². The highest BCUT2D eigenvalue weighted by atomic mass is 35.5. The molecule has 1 unspecified atom stereocenters. The summed E-state index contributed by atoms with van der Waals surface area (Å²) in [6.07, 6.45) is 3.78. The monoisotopic (exact) mass is 235 g/mol. The molecule has 1 aromatic heterocycles. The summed E-state index contributed by atoms with van der Waals surface area (Å²) in [7, 11) is 0. The van der Waals surface area contributed by atoms with Crippen LogP contribution < -0.4 is 5.73 Å². The lowest BCUT2D eigenvalue weighted by atomic mass is 10.0. The van der Waals surface area contributed by atoms with Crippen LogP contribution in [0.25, 0.3) is 0 Å². The fourth-order valence-corrected chi connectivity index (χ4v) is 1.70. The van der Waals surface area contributed by atoms with E-state index in [1.807, 2.05) is 48.3 Å². The molecular formula is C12H14ClN3. The first-order valence-corrected chi connectivity index (χ1v) is 5.62. The standard InChI is InChI=1S/C12H14ClN3/c1-2-16-8-10(7-15-16)12(14)9-3-5-11(13)6-4-9/h3-8,12H,2,14H2,1H3. The molecule has 1 atom stereocenters. The normalized spacial score (nSPS) is 12.7. The third-order valence-corrected chi connectivity index (χ3v) is 2.82. The minimum absolute atomic E-state index is 0.141. The predicted octanol–water partition coefficient (Wildman–Crippen LogP) is 2.60. The molecule has 2 rings (SSSR count). The lowest BCUT2D eigenvalue weighted by Gasteiger charge is -2.09. The highest BCUT2D eigenvalue weighted by Gasteiger charge is 2.10. The summed E-state index contributed by atoms with van der Waals surface area (Å²) in [5.41, 5.74) is 8.20. The summed E-state index contributed by atoms with van der Waals surface area (Å²) in [5.74, 6) is 0. The average Bonchev–Trinajstić information content (AvgIpc) is 2.77. The number of rotatable bonds is 3. The van der Waals surface area contributed by atoms with Gasteiger partial charge in [-0.1, -0.05) is 23.7 Å². The predicted molar refractivity (Wildman–Crippen MR) is 65.4 cm³/mol. The first-order valence-electron chi connectivity index (χ1n) is 5.24. The van der Waals surface area contributed by atoms with Gasteiger partial charge in [0.1, 0.15) is 0 Å². The lowest BCUT2D eigenvalue weighted by Crippen LogP contribution is -2.10. The summed E-state index contributed by atoms with van der Waals surface area (Å²) < 4.78 is 1.87. The van der Waals surface area contributed by atoms with Gasteiger partial charge in [-0.2, -0.15) is 5.10 Å². The van der Waals surface area contributed by atoms with Crippen LogP contribution in [0.3, 0.4) is 0 Å². The second kappa shape index (κ2) is 4.68. The maximum Gasteiger partial charge on any atom is 0.0582 e. The fraction of sp³-hybridized carbons (Fsp3) is 0.250. The van der Waals surface area contributed by atoms with Gasteiger partial charge in [-0.15, -0.1) is 0 Å². The molecule has 4 heteroatoms. The molecular weight excluding hydrogens is 222 g/mol. The van der Waals surface area contributed by atoms with Gasteiger partial charge in [0.25, 0.3) is 0 Å². The molecule has 0 radical (unpaired) electrons. The molecule has 84 valence electrons. The van der Waals surface area contributed by atoms with Crippen molar-refractivity contribution >= 4 is 11.6 Å². The zero-order valence-corrected chi connectivity index (χ0v) is 9.85. The molecule has 16 heavy (non-hydrogen) atoms. The maximum atomic E-state index is 6.14. The van der Waals surface area contributed by atoms with Crippen LogP contribution in [0.2, 0.25) is 5.02 Å². The van der Waals surface area contributed by atoms with E-state index in [1.165, 1.54) is 0 Å². The van der Waals surface area contributed by atoms with Gasteiger partial charge < -0.3 is 5.73 Å². The average molecular weight is 236 g/mol. The number of aryl methyl sites for hydroxylation is 1. The number of benzene rings is 1. The van der Waals surface area contributed by atoms with Crippen LogP contribution >= 0.6 is 11.6 Å². The van der Waals surface area contributed by atoms with E-state index in [0.717, 1.165) is 22.7 Å². The van der Waals surface area contributed by atoms with Gasteiger partial charge in [0, 0.05) is 23.3 Å². The van der Waals surface area contributed by atoms with Gasteiger partial charge in [0.15, 0.2) is 0 Å². The molecule has 2 aromatic rings. The van der Waals surface area contributed by atoms with Gasteiger partial charge >= 0.3 is 0 Å². The van der Waals surface area contributed by atoms with Crippen LogP contribution in [-0.4, -0.2) is 9.78 Å². The van der Waals surface area contributed by atoms with Crippen molar-refractivity contribution in [1.82, 2.24) is 9.78 Å². The van der Waals surface area contributed by atoms with E-state index in [0.29, 0.717) is 0 Å². The summed E-state index contributed by atoms with van der Waals surface area (Å²) in [4.78, 5) is 0. The summed E-state index contributed by atoms with van der Waals surface area (Å²) >= 11 is 5.83. The fourth-order valence-electron chi connectivity index (χ4n) is 1.58. The molecule has 1 aromatic carbocycles. The minimum Gasteiger partial charge on any atom is -0.320 e. The number of nitrogens with zero attached hydrogens (tertiary/aromatic N) is 2. The third kappa shape index (κ3) is 2.26. The van der Waals surface area contributed by atoms with Crippen LogP contribution in [-0.2, 0) is 6.54 Å². The Balaban J connectivity index is 2.24. The number of halogens is 1. The highest BCUT2D eigenvalue weighted by molar-refractivity contribution is 6.30. The molecule has 0 fully saturated rings. The van der Waals surface area contributed by atoms with E-state index in [4.69, 9.17) is 17.3 Å². The quantitative estimate of drug-likeness (QED) is 0.889. The van der Waals surface area contributed by atoms with Crippen molar-refractivity contribution in [3.8, 4) is 0 Å². The van der Waals surface area contributed by atoms with Crippen molar-refractivity contribution in [2.24, 2.45) is 5.73 Å². The molecule has 0 saturated carbocycles. The van der Waals surface area contributed by atoms with E-state index in [1.54, 1.807) is 0 Å². The maximum absolute atomic E-state index is 6.14. The molecule has 0 spiro atoms. The Bertz CT molecular complexity index is 461. The van der Waals surface area contributed by atoms with Crippen LogP contribution in [0.1, 0.15) is 24.1 Å². The van der Waals surface area contributed by atoms with Crippen molar-refractivity contribution in [3.63, 3.8) is 0 Å². The molecule has 0 aliphatic heterocycles. The van der Waals surface area contributed by atoms with E-state index in [9.17, 15) is 0 Å². The van der Waals surface area contributed by atoms with Crippen molar-refractivity contribution in [2.45, 2.75) is 19.5 Å². The Morgan fingerprint density at radius 1 is 1.31 bits per heavy atom. The zero-order valence-electron chi connectivity index (χ0n) is 9.10. The zero-order chi connectivity index (χ0) is 11.5. The van der Waals surface area contributed by atoms with Gasteiger partial charge in [-0.25, -0.2) is 0 Å². The third-order valence-electron chi connectivity index (χ3n) is 2.57. The van der Waals surface area contributed by atoms with Gasteiger partial charge in [-0.3, -0.25) is 4.68 Å². The summed E-state index contributed by atoms with van der Waals surface area (Å²) in [6, 6.07) is 7.44. The van der Waals surface area contributed by atoms with Crippen LogP contribution in [0, 0.1) is 0 Å². The molecule has 0 amide bonds. The van der Waals surface area contributed by atoms with Gasteiger partial charge in [-0.05, 0) is 24.6 Å². The van der Waals surface area contributed by atoms with Crippen molar-refractivity contribution in [2.75, 3.05) is 0 Å². The van der Waals surface area contributed by atoms with Crippen molar-refractivity contribution in [1.29, 1.82) is 0 Å².